The molecule has 0 radical (unpaired) electrons. The summed E-state index contributed by atoms with van der Waals surface area (Å²) in [4.78, 5) is 66.1. The Bertz CT molecular complexity index is 2190. The van der Waals surface area contributed by atoms with Crippen molar-refractivity contribution in [1.82, 2.24) is 30.1 Å². The van der Waals surface area contributed by atoms with Crippen LogP contribution in [0.2, 0.25) is 0 Å². The number of amides is 4. The number of carbonyl (C=O) groups is 4. The first-order valence-electron chi connectivity index (χ1n) is 23.3. The normalized spacial score (nSPS) is 31.6. The molecule has 7 aliphatic rings. The van der Waals surface area contributed by atoms with Crippen LogP contribution in [0.3, 0.4) is 0 Å². The van der Waals surface area contributed by atoms with Gasteiger partial charge < -0.3 is 4.90 Å². The number of hydrogen-bond acceptors (Lipinski definition) is 11. The van der Waals surface area contributed by atoms with Crippen molar-refractivity contribution in [3.05, 3.63) is 47.7 Å². The van der Waals surface area contributed by atoms with Crippen LogP contribution < -0.4 is 46.0 Å². The number of aromatic nitrogens is 1. The van der Waals surface area contributed by atoms with Crippen molar-refractivity contribution < 1.29 is 63.0 Å². The maximum absolute atomic E-state index is 14.9. The number of fused-ring (bicyclic) bond motifs is 5. The predicted molar refractivity (Wildman–Crippen MR) is 237 cm³/mol. The molecule has 64 heavy (non-hydrogen) atoms. The number of likely N-dealkylation sites (tertiary alicyclic amines) is 1. The van der Waals surface area contributed by atoms with Gasteiger partial charge >= 0.3 is 315 Å². The van der Waals surface area contributed by atoms with Gasteiger partial charge in [-0.2, -0.15) is 0 Å². The van der Waals surface area contributed by atoms with Gasteiger partial charge in [-0.05, 0) is 32.4 Å². The molecule has 4 aliphatic heterocycles. The molecule has 2 saturated carbocycles. The Kier molecular flexibility index (Phi) is 13.5. The summed E-state index contributed by atoms with van der Waals surface area (Å²) < 4.78 is 45.5. The van der Waals surface area contributed by atoms with Crippen LogP contribution in [-0.4, -0.2) is 116 Å². The number of rotatable bonds is 10. The fourth-order valence-electron chi connectivity index (χ4n) is 9.54. The third kappa shape index (κ3) is 10.0. The molecular formula is C47H66IN6O9S-. The Labute approximate surface area is 388 Å². The SMILES string of the molecule is C=C[C@@H]1[I-][C@]1(NC(=O)[C@@H]1C[C@@H]2CN1C(=O)[C@H](C(C)(C)C)NC(=O)O[C@@H]1C[C@H]1CCCCCc1c(nc3c(c1OCC1CCCN(CC)C1)C=CC=CC3)O2)C(=O)NS(=O)(=O)C1(C)CC1. The van der Waals surface area contributed by atoms with E-state index >= 15 is 0 Å². The summed E-state index contributed by atoms with van der Waals surface area (Å²) in [5.41, 5.74) is 1.82. The Morgan fingerprint density at radius 2 is 1.89 bits per heavy atom. The topological polar surface area (TPSA) is 186 Å². The molecule has 3 aliphatic carbocycles. The molecule has 1 aromatic rings. The van der Waals surface area contributed by atoms with E-state index in [2.05, 4.69) is 45.9 Å². The number of piperidine rings is 1. The van der Waals surface area contributed by atoms with Crippen LogP contribution in [0.5, 0.6) is 11.6 Å². The summed E-state index contributed by atoms with van der Waals surface area (Å²) in [6, 6.07) is -2.21. The maximum atomic E-state index is 14.9. The Hall–Kier alpha value is -3.71. The van der Waals surface area contributed by atoms with Gasteiger partial charge in [0.1, 0.15) is 0 Å². The van der Waals surface area contributed by atoms with E-state index in [4.69, 9.17) is 19.2 Å². The predicted octanol–water partition coefficient (Wildman–Crippen LogP) is 1.78. The quantitative estimate of drug-likeness (QED) is 0.134. The van der Waals surface area contributed by atoms with Gasteiger partial charge in [-0.3, -0.25) is 0 Å². The van der Waals surface area contributed by atoms with Crippen LogP contribution in [0, 0.1) is 17.3 Å². The average Bonchev–Trinajstić information content (AvgIpc) is 4.20. The van der Waals surface area contributed by atoms with Crippen molar-refractivity contribution in [1.29, 1.82) is 0 Å². The Morgan fingerprint density at radius 3 is 2.61 bits per heavy atom. The van der Waals surface area contributed by atoms with Crippen LogP contribution in [-0.2, 0) is 42.0 Å². The van der Waals surface area contributed by atoms with Gasteiger partial charge in [-0.1, -0.05) is 25.5 Å². The molecule has 3 saturated heterocycles. The molecular weight excluding hydrogens is 952 g/mol. The van der Waals surface area contributed by atoms with E-state index in [0.29, 0.717) is 44.1 Å². The van der Waals surface area contributed by atoms with Crippen molar-refractivity contribution in [2.75, 3.05) is 32.8 Å². The summed E-state index contributed by atoms with van der Waals surface area (Å²) in [7, 11) is -4.00. The average molecular weight is 1020 g/mol. The molecule has 8 rings (SSSR count). The molecule has 17 heteroatoms. The second-order valence-corrected chi connectivity index (χ2v) is 25.9. The molecule has 2 bridgehead atoms. The van der Waals surface area contributed by atoms with E-state index in [-0.39, 0.29) is 25.0 Å². The summed E-state index contributed by atoms with van der Waals surface area (Å²) >= 11 is -1.07. The first kappa shape index (κ1) is 46.8. The van der Waals surface area contributed by atoms with Gasteiger partial charge in [-0.25, -0.2) is 0 Å². The number of nitrogens with one attached hydrogen (secondary N) is 3. The van der Waals surface area contributed by atoms with Gasteiger partial charge in [0.2, 0.25) is 0 Å². The van der Waals surface area contributed by atoms with Crippen molar-refractivity contribution in [3.8, 4) is 11.6 Å². The number of pyridine rings is 1. The van der Waals surface area contributed by atoms with Gasteiger partial charge in [-0.15, -0.1) is 0 Å². The van der Waals surface area contributed by atoms with E-state index in [9.17, 15) is 27.6 Å². The molecule has 5 fully saturated rings. The number of sulfonamides is 1. The third-order valence-electron chi connectivity index (χ3n) is 14.1. The Morgan fingerprint density at radius 1 is 1.09 bits per heavy atom. The second-order valence-electron chi connectivity index (χ2n) is 20.1. The first-order valence-corrected chi connectivity index (χ1v) is 27.1. The molecule has 1 aromatic heterocycles. The molecule has 0 spiro atoms. The van der Waals surface area contributed by atoms with Gasteiger partial charge in [0.15, 0.2) is 0 Å². The molecule has 0 aromatic carbocycles. The molecule has 15 nitrogen and oxygen atoms in total. The number of alkyl halides is 2. The fraction of sp³-hybridized carbons (Fsp3) is 0.681. The zero-order valence-electron chi connectivity index (χ0n) is 38.0. The van der Waals surface area contributed by atoms with Crippen LogP contribution in [0.25, 0.3) is 6.08 Å². The number of halogens is 1. The number of carbonyl (C=O) groups excluding carboxylic acids is 4. The standard InChI is InChI=1S/C47H66IN6O9S/c1-7-37-47(48-37,43(57)52-64(59,60)46(6)21-22-46)51-40(55)35-25-31-27-54(35)42(56)39(45(3,4)5)50-44(58)63-36-24-30(36)17-11-9-13-19-33-38(61-28-29-16-15-23-53(8-2)26-29)32-18-12-10-14-20-34(32)49-41(33)62-31/h7,10,12,14,18,29-31,35-37,39H,1,8-9,11,13,15-17,19-28H2,2-6H3,(H,50,58)(H,51,55)(H,52,57)/q-1/t29?,30-,31-,35+,36-,37+,39-,47-/m1/s1. The number of ether oxygens (including phenoxy) is 3. The van der Waals surface area contributed by atoms with Crippen molar-refractivity contribution in [2.45, 2.75) is 148 Å². The minimum atomic E-state index is -4.00. The summed E-state index contributed by atoms with van der Waals surface area (Å²) in [6.07, 6.45) is 16.9. The van der Waals surface area contributed by atoms with Crippen molar-refractivity contribution in [2.24, 2.45) is 17.3 Å². The second kappa shape index (κ2) is 18.5. The monoisotopic (exact) mass is 1020 g/mol. The fourth-order valence-corrected chi connectivity index (χ4v) is 13.7. The summed E-state index contributed by atoms with van der Waals surface area (Å²) in [6.45, 7) is 16.8. The molecule has 3 N–H and O–H groups in total. The Balaban J connectivity index is 1.14. The summed E-state index contributed by atoms with van der Waals surface area (Å²) in [5.74, 6) is -0.0870. The van der Waals surface area contributed by atoms with Crippen LogP contribution in [0.4, 0.5) is 4.79 Å². The van der Waals surface area contributed by atoms with E-state index in [0.717, 1.165) is 87.2 Å². The molecule has 8 atom stereocenters. The summed E-state index contributed by atoms with van der Waals surface area (Å²) in [5, 5.41) is 5.79. The number of hydrogen-bond donors (Lipinski definition) is 3. The zero-order valence-corrected chi connectivity index (χ0v) is 40.9. The number of nitrogens with zero attached hydrogens (tertiary/aromatic N) is 3. The van der Waals surface area contributed by atoms with E-state index in [1.54, 1.807) is 13.0 Å². The molecule has 5 heterocycles. The van der Waals surface area contributed by atoms with Gasteiger partial charge in [0, 0.05) is 12.5 Å². The van der Waals surface area contributed by atoms with Gasteiger partial charge in [0.25, 0.3) is 0 Å². The first-order chi connectivity index (χ1) is 30.4. The van der Waals surface area contributed by atoms with E-state index < -0.39 is 90.9 Å². The van der Waals surface area contributed by atoms with Crippen LogP contribution in [0.1, 0.15) is 116 Å². The van der Waals surface area contributed by atoms with Gasteiger partial charge in [0.05, 0.1) is 0 Å². The van der Waals surface area contributed by atoms with E-state index in [1.165, 1.54) is 4.90 Å². The van der Waals surface area contributed by atoms with Crippen molar-refractivity contribution >= 4 is 39.9 Å². The van der Waals surface area contributed by atoms with Crippen LogP contribution in [0.15, 0.2) is 30.9 Å². The van der Waals surface area contributed by atoms with Crippen LogP contribution >= 0.6 is 0 Å². The molecule has 1 unspecified atom stereocenters. The number of alkyl carbamates (subject to hydrolysis) is 1. The minimum absolute atomic E-state index is 0.0140. The third-order valence-corrected chi connectivity index (χ3v) is 20.1. The zero-order chi connectivity index (χ0) is 45.6. The van der Waals surface area contributed by atoms with E-state index in [1.807, 2.05) is 32.9 Å². The molecule has 4 amide bonds. The molecule has 352 valence electrons. The van der Waals surface area contributed by atoms with Crippen molar-refractivity contribution in [3.63, 3.8) is 0 Å². The number of allylic oxidation sites excluding steroid dienone is 3.